The van der Waals surface area contributed by atoms with Crippen LogP contribution < -0.4 is 0 Å². The van der Waals surface area contributed by atoms with Gasteiger partial charge in [-0.3, -0.25) is 0 Å². The molecular formula is C7H9BrOS. The second-order valence-corrected chi connectivity index (χ2v) is 4.00. The first-order valence-electron chi connectivity index (χ1n) is 6.32. The number of hydrogen-bond acceptors (Lipinski definition) is 2. The van der Waals surface area contributed by atoms with Crippen molar-refractivity contribution in [2.75, 3.05) is 0 Å². The predicted molar refractivity (Wildman–Crippen MR) is 47.3 cm³/mol. The highest BCUT2D eigenvalue weighted by molar-refractivity contribution is 9.11. The average molecular weight is 229 g/mol. The summed E-state index contributed by atoms with van der Waals surface area (Å²) in [6.07, 6.45) is 0. The number of hydrogen-bond donors (Lipinski definition) is 1. The maximum atomic E-state index is 10.1. The Balaban J connectivity index is 3.61. The van der Waals surface area contributed by atoms with Crippen LogP contribution in [0.15, 0.2) is 15.9 Å². The molecule has 0 saturated carbocycles. The zero-order valence-electron chi connectivity index (χ0n) is 12.7. The van der Waals surface area contributed by atoms with E-state index in [0.29, 0.717) is 11.3 Å². The summed E-state index contributed by atoms with van der Waals surface area (Å²) in [7, 11) is 0. The molecule has 1 rings (SSSR count). The molecule has 56 valence electrons. The van der Waals surface area contributed by atoms with Gasteiger partial charge >= 0.3 is 0 Å². The smallest absolute Gasteiger partial charge is 0.0932 e. The number of thiophene rings is 1. The van der Waals surface area contributed by atoms with Crippen LogP contribution in [0, 0.1) is 0 Å². The fourth-order valence-corrected chi connectivity index (χ4v) is 1.53. The Kier molecular flexibility index (Phi) is 0.680. The van der Waals surface area contributed by atoms with Crippen molar-refractivity contribution < 1.29 is 16.1 Å². The third-order valence-electron chi connectivity index (χ3n) is 0.795. The van der Waals surface area contributed by atoms with Crippen molar-refractivity contribution in [2.45, 2.75) is 19.3 Å². The third kappa shape index (κ3) is 1.81. The highest BCUT2D eigenvalue weighted by Gasteiger charge is 2.17. The molecule has 1 heterocycles. The summed E-state index contributed by atoms with van der Waals surface area (Å²) in [5.41, 5.74) is -3.15. The molecule has 0 radical (unpaired) electrons. The summed E-state index contributed by atoms with van der Waals surface area (Å²) < 4.78 is 58.5. The highest BCUT2D eigenvalue weighted by Crippen LogP contribution is 2.30. The number of rotatable bonds is 1. The van der Waals surface area contributed by atoms with Gasteiger partial charge in [0.05, 0.1) is 12.1 Å². The van der Waals surface area contributed by atoms with Gasteiger partial charge in [0.25, 0.3) is 0 Å². The summed E-state index contributed by atoms with van der Waals surface area (Å²) in [6, 6.07) is -0.941. The van der Waals surface area contributed by atoms with Crippen LogP contribution in [0.25, 0.3) is 0 Å². The Hall–Kier alpha value is 0.140. The molecular weight excluding hydrogens is 212 g/mol. The maximum absolute atomic E-state index is 10.1. The van der Waals surface area contributed by atoms with Crippen molar-refractivity contribution >= 4 is 27.3 Å². The Morgan fingerprint density at radius 1 is 1.80 bits per heavy atom. The molecule has 10 heavy (non-hydrogen) atoms. The minimum absolute atomic E-state index is 0.106. The van der Waals surface area contributed by atoms with Crippen molar-refractivity contribution in [1.82, 2.24) is 0 Å². The Labute approximate surface area is 84.1 Å². The van der Waals surface area contributed by atoms with E-state index in [1.165, 1.54) is 0 Å². The van der Waals surface area contributed by atoms with Gasteiger partial charge in [0.1, 0.15) is 0 Å². The molecule has 0 aromatic carbocycles. The molecule has 0 spiro atoms. The summed E-state index contributed by atoms with van der Waals surface area (Å²) in [5.74, 6) is 0. The summed E-state index contributed by atoms with van der Waals surface area (Å²) in [4.78, 5) is -0.556. The van der Waals surface area contributed by atoms with Crippen molar-refractivity contribution in [3.05, 3.63) is 20.7 Å². The van der Waals surface area contributed by atoms with Gasteiger partial charge in [-0.2, -0.15) is 0 Å². The normalized spacial score (nSPS) is 26.2. The van der Waals surface area contributed by atoms with E-state index in [2.05, 4.69) is 15.9 Å². The molecule has 0 unspecified atom stereocenters. The van der Waals surface area contributed by atoms with Gasteiger partial charge in [0, 0.05) is 13.1 Å². The van der Waals surface area contributed by atoms with Gasteiger partial charge in [-0.25, -0.2) is 0 Å². The molecule has 0 fully saturated rings. The van der Waals surface area contributed by atoms with Gasteiger partial charge in [0.15, 0.2) is 0 Å². The first-order valence-corrected chi connectivity index (χ1v) is 3.93. The standard InChI is InChI=1S/C7H9BrOS/c1-7(2,9)5-3-4-6(8)10-5/h3-4,9H,1-2H3/i1D3,2D3,3D,4D. The van der Waals surface area contributed by atoms with Gasteiger partial charge in [-0.15, -0.1) is 11.3 Å². The van der Waals surface area contributed by atoms with Crippen LogP contribution in [-0.2, 0) is 5.60 Å². The molecule has 3 heteroatoms. The zero-order valence-corrected chi connectivity index (χ0v) is 7.14. The van der Waals surface area contributed by atoms with E-state index in [4.69, 9.17) is 11.0 Å². The molecule has 0 aliphatic heterocycles. The first-order chi connectivity index (χ1) is 7.84. The lowest BCUT2D eigenvalue weighted by Gasteiger charge is -2.13. The van der Waals surface area contributed by atoms with Crippen LogP contribution in [0.5, 0.6) is 0 Å². The zero-order chi connectivity index (χ0) is 14.5. The molecule has 1 nitrogen and oxygen atoms in total. The van der Waals surface area contributed by atoms with Crippen LogP contribution in [0.4, 0.5) is 0 Å². The molecule has 1 aromatic heterocycles. The Morgan fingerprint density at radius 2 is 2.50 bits per heavy atom. The molecule has 0 aliphatic rings. The molecule has 0 atom stereocenters. The van der Waals surface area contributed by atoms with E-state index in [9.17, 15) is 5.11 Å². The molecule has 1 aromatic rings. The van der Waals surface area contributed by atoms with Crippen LogP contribution in [0.1, 0.15) is 29.5 Å². The first kappa shape index (κ1) is 2.57. The van der Waals surface area contributed by atoms with Gasteiger partial charge < -0.3 is 5.11 Å². The van der Waals surface area contributed by atoms with Crippen LogP contribution >= 0.6 is 27.3 Å². The van der Waals surface area contributed by atoms with Crippen LogP contribution in [0.3, 0.4) is 0 Å². The molecule has 1 N–H and O–H groups in total. The Morgan fingerprint density at radius 3 is 2.90 bits per heavy atom. The largest absolute Gasteiger partial charge is 0.385 e. The lowest BCUT2D eigenvalue weighted by atomic mass is 10.1. The van der Waals surface area contributed by atoms with Crippen molar-refractivity contribution in [3.63, 3.8) is 0 Å². The van der Waals surface area contributed by atoms with E-state index in [0.717, 1.165) is 0 Å². The van der Waals surface area contributed by atoms with E-state index in [1.807, 2.05) is 0 Å². The number of halogens is 1. The van der Waals surface area contributed by atoms with Crippen molar-refractivity contribution in [3.8, 4) is 0 Å². The third-order valence-corrected chi connectivity index (χ3v) is 2.36. The molecule has 0 saturated heterocycles. The SMILES string of the molecule is [2H]c1c(Br)sc(C(O)(C([2H])([2H])[2H])C([2H])([2H])[2H])c1[2H]. The summed E-state index contributed by atoms with van der Waals surface area (Å²) in [6.45, 7) is -6.46. The lowest BCUT2D eigenvalue weighted by Crippen LogP contribution is -2.12. The second kappa shape index (κ2) is 2.64. The predicted octanol–water partition coefficient (Wildman–Crippen LogP) is 2.74. The number of aliphatic hydroxyl groups is 1. The summed E-state index contributed by atoms with van der Waals surface area (Å²) >= 11 is 3.50. The highest BCUT2D eigenvalue weighted by atomic mass is 79.9. The van der Waals surface area contributed by atoms with Gasteiger partial charge in [-0.05, 0) is 41.7 Å². The molecule has 0 amide bonds. The topological polar surface area (TPSA) is 20.2 Å². The van der Waals surface area contributed by atoms with Crippen molar-refractivity contribution in [2.24, 2.45) is 0 Å². The van der Waals surface area contributed by atoms with Crippen LogP contribution in [0.2, 0.25) is 0 Å². The fraction of sp³-hybridized carbons (Fsp3) is 0.429. The molecule has 0 aliphatic carbocycles. The minimum Gasteiger partial charge on any atom is -0.385 e. The van der Waals surface area contributed by atoms with E-state index in [-0.39, 0.29) is 9.83 Å². The van der Waals surface area contributed by atoms with E-state index >= 15 is 0 Å². The quantitative estimate of drug-likeness (QED) is 0.785. The molecule has 0 bridgehead atoms. The van der Waals surface area contributed by atoms with E-state index in [1.54, 1.807) is 0 Å². The van der Waals surface area contributed by atoms with Crippen LogP contribution in [-0.4, -0.2) is 5.11 Å². The monoisotopic (exact) mass is 228 g/mol. The van der Waals surface area contributed by atoms with Gasteiger partial charge in [-0.1, -0.05) is 0 Å². The van der Waals surface area contributed by atoms with E-state index < -0.39 is 30.2 Å². The van der Waals surface area contributed by atoms with Gasteiger partial charge in [0.2, 0.25) is 0 Å². The minimum atomic E-state index is -3.23. The van der Waals surface area contributed by atoms with Crippen molar-refractivity contribution in [1.29, 1.82) is 0 Å². The summed E-state index contributed by atoms with van der Waals surface area (Å²) in [5, 5.41) is 10.1. The average Bonchev–Trinajstić information content (AvgIpc) is 2.41. The Bertz CT molecular complexity index is 447. The maximum Gasteiger partial charge on any atom is 0.0932 e. The fourth-order valence-electron chi connectivity index (χ4n) is 0.411. The lowest BCUT2D eigenvalue weighted by molar-refractivity contribution is 0.0825. The second-order valence-electron chi connectivity index (χ2n) is 1.67.